The summed E-state index contributed by atoms with van der Waals surface area (Å²) in [6.07, 6.45) is 64.6. The number of unbranched alkanes of at least 4 members (excludes halogenated alkanes) is 36. The van der Waals surface area contributed by atoms with Crippen molar-refractivity contribution in [2.24, 2.45) is 0 Å². The molecule has 1 amide bonds. The largest absolute Gasteiger partial charge is 0.466 e. The van der Waals surface area contributed by atoms with Crippen LogP contribution in [0.15, 0.2) is 36.5 Å². The van der Waals surface area contributed by atoms with Crippen molar-refractivity contribution in [1.29, 1.82) is 0 Å². The molecule has 0 aromatic rings. The number of esters is 1. The van der Waals surface area contributed by atoms with Crippen molar-refractivity contribution in [2.45, 2.75) is 302 Å². The number of aliphatic hydroxyl groups excluding tert-OH is 2. The number of aliphatic hydroxyl groups is 2. The average molecular weight is 886 g/mol. The lowest BCUT2D eigenvalue weighted by Gasteiger charge is -2.19. The molecular weight excluding hydrogens is 779 g/mol. The lowest BCUT2D eigenvalue weighted by Crippen LogP contribution is -2.45. The third-order valence-corrected chi connectivity index (χ3v) is 12.7. The van der Waals surface area contributed by atoms with Gasteiger partial charge in [0.05, 0.1) is 25.4 Å². The third-order valence-electron chi connectivity index (χ3n) is 12.7. The molecule has 0 aliphatic carbocycles. The van der Waals surface area contributed by atoms with Gasteiger partial charge in [-0.05, 0) is 51.4 Å². The van der Waals surface area contributed by atoms with E-state index < -0.39 is 12.1 Å². The molecule has 0 bridgehead atoms. The molecule has 0 aromatic carbocycles. The van der Waals surface area contributed by atoms with Gasteiger partial charge < -0.3 is 20.3 Å². The summed E-state index contributed by atoms with van der Waals surface area (Å²) in [7, 11) is 0. The number of amides is 1. The average Bonchev–Trinajstić information content (AvgIpc) is 3.28. The molecule has 0 aliphatic rings. The first-order valence-corrected chi connectivity index (χ1v) is 27.8. The minimum Gasteiger partial charge on any atom is -0.466 e. The Balaban J connectivity index is 3.54. The summed E-state index contributed by atoms with van der Waals surface area (Å²) in [6.45, 7) is 4.85. The second-order valence-corrected chi connectivity index (χ2v) is 18.9. The Hall–Kier alpha value is -1.92. The quantitative estimate of drug-likeness (QED) is 0.0321. The Bertz CT molecular complexity index is 1020. The van der Waals surface area contributed by atoms with Gasteiger partial charge in [-0.25, -0.2) is 0 Å². The molecule has 0 heterocycles. The number of hydrogen-bond acceptors (Lipinski definition) is 5. The van der Waals surface area contributed by atoms with Crippen LogP contribution in [0.5, 0.6) is 0 Å². The number of rotatable bonds is 51. The monoisotopic (exact) mass is 886 g/mol. The molecule has 0 radical (unpaired) electrons. The van der Waals surface area contributed by atoms with Gasteiger partial charge in [0.1, 0.15) is 0 Å². The zero-order valence-electron chi connectivity index (χ0n) is 42.1. The normalized spacial score (nSPS) is 12.9. The fourth-order valence-corrected chi connectivity index (χ4v) is 8.39. The zero-order valence-corrected chi connectivity index (χ0v) is 42.1. The number of nitrogens with one attached hydrogen (secondary N) is 1. The highest BCUT2D eigenvalue weighted by Crippen LogP contribution is 2.16. The van der Waals surface area contributed by atoms with E-state index in [9.17, 15) is 19.8 Å². The standard InChI is InChI=1S/C57H107NO5/c1-3-5-7-9-11-13-15-17-19-20-21-23-27-31-35-39-43-47-51-57(62)63-52-48-44-40-36-32-28-24-26-30-34-38-42-46-50-56(61)58-54(53-59)55(60)49-45-41-37-33-29-25-22-18-16-14-12-10-8-6-4-2/h26,30,38,42,45,49,54-55,59-60H,3-25,27-29,31-37,39-41,43-44,46-48,50-53H2,1-2H3,(H,58,61)/b30-26-,42-38-,49-45+. The molecule has 0 saturated heterocycles. The molecule has 0 aromatic heterocycles. The predicted octanol–water partition coefficient (Wildman–Crippen LogP) is 16.9. The SMILES string of the molecule is CCCCCCCCCCCCCCC/C=C/C(O)C(CO)NC(=O)CC/C=C\C/C=C\CCCCCCCCOC(=O)CCCCCCCCCCCCCCCCCCCC. The Labute approximate surface area is 392 Å². The lowest BCUT2D eigenvalue weighted by molar-refractivity contribution is -0.143. The van der Waals surface area contributed by atoms with Crippen molar-refractivity contribution < 1.29 is 24.5 Å². The maximum atomic E-state index is 12.4. The summed E-state index contributed by atoms with van der Waals surface area (Å²) >= 11 is 0. The number of ether oxygens (including phenoxy) is 1. The molecule has 0 rings (SSSR count). The van der Waals surface area contributed by atoms with Gasteiger partial charge in [-0.15, -0.1) is 0 Å². The first-order valence-electron chi connectivity index (χ1n) is 27.8. The fourth-order valence-electron chi connectivity index (χ4n) is 8.39. The van der Waals surface area contributed by atoms with Crippen LogP contribution >= 0.6 is 0 Å². The van der Waals surface area contributed by atoms with E-state index in [1.54, 1.807) is 6.08 Å². The molecule has 0 fully saturated rings. The molecule has 63 heavy (non-hydrogen) atoms. The van der Waals surface area contributed by atoms with E-state index in [1.807, 2.05) is 12.2 Å². The maximum absolute atomic E-state index is 12.4. The molecule has 370 valence electrons. The van der Waals surface area contributed by atoms with Crippen molar-refractivity contribution in [3.8, 4) is 0 Å². The highest BCUT2D eigenvalue weighted by atomic mass is 16.5. The van der Waals surface area contributed by atoms with E-state index in [2.05, 4.69) is 37.4 Å². The van der Waals surface area contributed by atoms with E-state index >= 15 is 0 Å². The van der Waals surface area contributed by atoms with Gasteiger partial charge >= 0.3 is 5.97 Å². The minimum atomic E-state index is -0.879. The van der Waals surface area contributed by atoms with E-state index in [0.29, 0.717) is 25.9 Å². The molecule has 6 heteroatoms. The minimum absolute atomic E-state index is 0.0144. The molecule has 2 unspecified atom stereocenters. The maximum Gasteiger partial charge on any atom is 0.305 e. The molecule has 0 spiro atoms. The van der Waals surface area contributed by atoms with Crippen molar-refractivity contribution in [1.82, 2.24) is 5.32 Å². The van der Waals surface area contributed by atoms with Crippen LogP contribution in [0.4, 0.5) is 0 Å². The summed E-state index contributed by atoms with van der Waals surface area (Å²) in [6, 6.07) is -0.671. The van der Waals surface area contributed by atoms with Crippen LogP contribution in [0.25, 0.3) is 0 Å². The number of carbonyl (C=O) groups is 2. The molecular formula is C57H107NO5. The van der Waals surface area contributed by atoms with Crippen LogP contribution in [0.2, 0.25) is 0 Å². The van der Waals surface area contributed by atoms with E-state index in [0.717, 1.165) is 51.4 Å². The molecule has 3 N–H and O–H groups in total. The van der Waals surface area contributed by atoms with Gasteiger partial charge in [0.2, 0.25) is 5.91 Å². The third kappa shape index (κ3) is 49.4. The predicted molar refractivity (Wildman–Crippen MR) is 273 cm³/mol. The summed E-state index contributed by atoms with van der Waals surface area (Å²) < 4.78 is 5.47. The second-order valence-electron chi connectivity index (χ2n) is 18.9. The highest BCUT2D eigenvalue weighted by molar-refractivity contribution is 5.76. The highest BCUT2D eigenvalue weighted by Gasteiger charge is 2.17. The number of carbonyl (C=O) groups excluding carboxylic acids is 2. The Morgan fingerprint density at radius 3 is 1.24 bits per heavy atom. The van der Waals surface area contributed by atoms with E-state index in [4.69, 9.17) is 4.74 Å². The van der Waals surface area contributed by atoms with Crippen LogP contribution in [-0.4, -0.2) is 47.4 Å². The van der Waals surface area contributed by atoms with Crippen molar-refractivity contribution in [2.75, 3.05) is 13.2 Å². The van der Waals surface area contributed by atoms with Gasteiger partial charge in [0.15, 0.2) is 0 Å². The second kappa shape index (κ2) is 52.7. The van der Waals surface area contributed by atoms with Crippen LogP contribution in [-0.2, 0) is 14.3 Å². The summed E-state index contributed by atoms with van der Waals surface area (Å²) in [5.41, 5.74) is 0. The summed E-state index contributed by atoms with van der Waals surface area (Å²) in [5.74, 6) is -0.162. The van der Waals surface area contributed by atoms with Gasteiger partial charge in [0.25, 0.3) is 0 Å². The van der Waals surface area contributed by atoms with Crippen LogP contribution in [0.3, 0.4) is 0 Å². The fraction of sp³-hybridized carbons (Fsp3) is 0.860. The van der Waals surface area contributed by atoms with E-state index in [-0.39, 0.29) is 18.5 Å². The van der Waals surface area contributed by atoms with Crippen molar-refractivity contribution >= 4 is 11.9 Å². The molecule has 6 nitrogen and oxygen atoms in total. The van der Waals surface area contributed by atoms with Crippen molar-refractivity contribution in [3.05, 3.63) is 36.5 Å². The van der Waals surface area contributed by atoms with Crippen LogP contribution in [0.1, 0.15) is 290 Å². The molecule has 2 atom stereocenters. The number of allylic oxidation sites excluding steroid dienone is 5. The lowest BCUT2D eigenvalue weighted by atomic mass is 10.0. The Kier molecular flexibility index (Phi) is 51.1. The van der Waals surface area contributed by atoms with Crippen LogP contribution < -0.4 is 5.32 Å². The molecule has 0 saturated carbocycles. The topological polar surface area (TPSA) is 95.9 Å². The Morgan fingerprint density at radius 2 is 0.810 bits per heavy atom. The van der Waals surface area contributed by atoms with Crippen molar-refractivity contribution in [3.63, 3.8) is 0 Å². The Morgan fingerprint density at radius 1 is 0.444 bits per heavy atom. The first-order chi connectivity index (χ1) is 31.0. The summed E-state index contributed by atoms with van der Waals surface area (Å²) in [4.78, 5) is 24.5. The van der Waals surface area contributed by atoms with Gasteiger partial charge in [-0.3, -0.25) is 9.59 Å². The molecule has 0 aliphatic heterocycles. The van der Waals surface area contributed by atoms with Gasteiger partial charge in [-0.2, -0.15) is 0 Å². The van der Waals surface area contributed by atoms with Gasteiger partial charge in [-0.1, -0.05) is 262 Å². The zero-order chi connectivity index (χ0) is 45.8. The van der Waals surface area contributed by atoms with E-state index in [1.165, 1.54) is 205 Å². The first kappa shape index (κ1) is 61.1. The van der Waals surface area contributed by atoms with Gasteiger partial charge in [0, 0.05) is 12.8 Å². The number of hydrogen-bond donors (Lipinski definition) is 3. The summed E-state index contributed by atoms with van der Waals surface area (Å²) in [5, 5.41) is 23.0. The smallest absolute Gasteiger partial charge is 0.305 e. The van der Waals surface area contributed by atoms with Crippen LogP contribution in [0, 0.1) is 0 Å².